The van der Waals surface area contributed by atoms with Gasteiger partial charge in [0.25, 0.3) is 11.6 Å². The lowest BCUT2D eigenvalue weighted by Gasteiger charge is -2.08. The lowest BCUT2D eigenvalue weighted by atomic mass is 10.3. The highest BCUT2D eigenvalue weighted by Gasteiger charge is 2.10. The van der Waals surface area contributed by atoms with Gasteiger partial charge in [0.2, 0.25) is 0 Å². The van der Waals surface area contributed by atoms with Gasteiger partial charge in [-0.2, -0.15) is 0 Å². The molecule has 0 aromatic heterocycles. The minimum atomic E-state index is -0.581. The molecular formula is C18H18N2O7. The highest BCUT2D eigenvalue weighted by atomic mass is 16.6. The van der Waals surface area contributed by atoms with Crippen LogP contribution in [0.1, 0.15) is 6.42 Å². The Bertz CT molecular complexity index is 788. The number of nitrogens with zero attached hydrogens (tertiary/aromatic N) is 1. The predicted octanol–water partition coefficient (Wildman–Crippen LogP) is 2.55. The lowest BCUT2D eigenvalue weighted by Crippen LogP contribution is -2.21. The van der Waals surface area contributed by atoms with Gasteiger partial charge in [0.15, 0.2) is 6.61 Å². The number of anilines is 1. The Kier molecular flexibility index (Phi) is 7.12. The first-order valence-corrected chi connectivity index (χ1v) is 7.94. The van der Waals surface area contributed by atoms with Crippen LogP contribution in [0, 0.1) is 10.1 Å². The number of rotatable bonds is 9. The fourth-order valence-electron chi connectivity index (χ4n) is 2.01. The molecule has 0 aliphatic heterocycles. The fraction of sp³-hybridized carbons (Fsp3) is 0.222. The van der Waals surface area contributed by atoms with Gasteiger partial charge in [-0.3, -0.25) is 19.7 Å². The minimum absolute atomic E-state index is 0.0170. The number of amides is 1. The number of carbonyl (C=O) groups excluding carboxylic acids is 2. The quantitative estimate of drug-likeness (QED) is 0.407. The zero-order chi connectivity index (χ0) is 19.6. The molecule has 27 heavy (non-hydrogen) atoms. The van der Waals surface area contributed by atoms with Crippen LogP contribution in [0.5, 0.6) is 11.5 Å². The summed E-state index contributed by atoms with van der Waals surface area (Å²) in [7, 11) is 1.56. The molecule has 0 bridgehead atoms. The van der Waals surface area contributed by atoms with E-state index in [4.69, 9.17) is 14.2 Å². The third-order valence-corrected chi connectivity index (χ3v) is 3.36. The maximum Gasteiger partial charge on any atom is 0.309 e. The number of benzene rings is 2. The minimum Gasteiger partial charge on any atom is -0.497 e. The maximum atomic E-state index is 11.7. The van der Waals surface area contributed by atoms with Crippen LogP contribution in [0.3, 0.4) is 0 Å². The van der Waals surface area contributed by atoms with Gasteiger partial charge in [-0.25, -0.2) is 0 Å². The van der Waals surface area contributed by atoms with E-state index in [-0.39, 0.29) is 18.7 Å². The average Bonchev–Trinajstić information content (AvgIpc) is 2.67. The largest absolute Gasteiger partial charge is 0.497 e. The molecule has 0 unspecified atom stereocenters. The SMILES string of the molecule is COc1ccc(OCCC(=O)OCC(=O)Nc2ccc([N+](=O)[O-])cc2)cc1. The Morgan fingerprint density at radius 2 is 1.67 bits per heavy atom. The van der Waals surface area contributed by atoms with E-state index >= 15 is 0 Å². The Morgan fingerprint density at radius 3 is 2.26 bits per heavy atom. The van der Waals surface area contributed by atoms with Crippen LogP contribution in [0.25, 0.3) is 0 Å². The number of methoxy groups -OCH3 is 1. The lowest BCUT2D eigenvalue weighted by molar-refractivity contribution is -0.384. The summed E-state index contributed by atoms with van der Waals surface area (Å²) in [5, 5.41) is 13.0. The molecule has 9 nitrogen and oxygen atoms in total. The summed E-state index contributed by atoms with van der Waals surface area (Å²) < 4.78 is 15.3. The van der Waals surface area contributed by atoms with Crippen molar-refractivity contribution >= 4 is 23.3 Å². The molecular weight excluding hydrogens is 356 g/mol. The van der Waals surface area contributed by atoms with Gasteiger partial charge >= 0.3 is 5.97 Å². The van der Waals surface area contributed by atoms with Crippen molar-refractivity contribution in [1.82, 2.24) is 0 Å². The van der Waals surface area contributed by atoms with Crippen molar-refractivity contribution in [2.75, 3.05) is 25.6 Å². The van der Waals surface area contributed by atoms with Crippen LogP contribution in [0.2, 0.25) is 0 Å². The predicted molar refractivity (Wildman–Crippen MR) is 95.8 cm³/mol. The van der Waals surface area contributed by atoms with Crippen LogP contribution in [0.15, 0.2) is 48.5 Å². The number of hydrogen-bond donors (Lipinski definition) is 1. The van der Waals surface area contributed by atoms with Gasteiger partial charge in [-0.05, 0) is 36.4 Å². The molecule has 0 atom stereocenters. The van der Waals surface area contributed by atoms with Crippen LogP contribution >= 0.6 is 0 Å². The first-order valence-electron chi connectivity index (χ1n) is 7.94. The summed E-state index contributed by atoms with van der Waals surface area (Å²) in [6, 6.07) is 12.2. The second kappa shape index (κ2) is 9.76. The van der Waals surface area contributed by atoms with Crippen molar-refractivity contribution in [2.45, 2.75) is 6.42 Å². The van der Waals surface area contributed by atoms with Gasteiger partial charge in [-0.1, -0.05) is 0 Å². The molecule has 0 aliphatic rings. The number of hydrogen-bond acceptors (Lipinski definition) is 7. The zero-order valence-corrected chi connectivity index (χ0v) is 14.5. The van der Waals surface area contributed by atoms with Crippen LogP contribution < -0.4 is 14.8 Å². The summed E-state index contributed by atoms with van der Waals surface area (Å²) in [5.74, 6) is 0.149. The Labute approximate surface area is 155 Å². The van der Waals surface area contributed by atoms with Crippen molar-refractivity contribution in [3.8, 4) is 11.5 Å². The molecule has 0 aliphatic carbocycles. The van der Waals surface area contributed by atoms with Crippen LogP contribution in [-0.2, 0) is 14.3 Å². The number of nitro groups is 1. The molecule has 0 heterocycles. The van der Waals surface area contributed by atoms with Gasteiger partial charge in [0, 0.05) is 17.8 Å². The highest BCUT2D eigenvalue weighted by Crippen LogP contribution is 2.17. The third-order valence-electron chi connectivity index (χ3n) is 3.36. The van der Waals surface area contributed by atoms with Gasteiger partial charge in [0.1, 0.15) is 11.5 Å². The topological polar surface area (TPSA) is 117 Å². The normalized spacial score (nSPS) is 9.96. The molecule has 1 N–H and O–H groups in total. The Hall–Kier alpha value is -3.62. The molecule has 9 heteroatoms. The number of nitrogens with one attached hydrogen (secondary N) is 1. The van der Waals surface area contributed by atoms with E-state index < -0.39 is 23.4 Å². The van der Waals surface area contributed by atoms with E-state index in [0.717, 1.165) is 0 Å². The van der Waals surface area contributed by atoms with Gasteiger partial charge < -0.3 is 19.5 Å². The molecule has 142 valence electrons. The maximum absolute atomic E-state index is 11.7. The highest BCUT2D eigenvalue weighted by molar-refractivity contribution is 5.92. The second-order valence-electron chi connectivity index (χ2n) is 5.29. The molecule has 0 radical (unpaired) electrons. The average molecular weight is 374 g/mol. The van der Waals surface area contributed by atoms with Crippen molar-refractivity contribution in [3.05, 3.63) is 58.6 Å². The second-order valence-corrected chi connectivity index (χ2v) is 5.29. The molecule has 0 saturated carbocycles. The number of ether oxygens (including phenoxy) is 3. The van der Waals surface area contributed by atoms with E-state index in [9.17, 15) is 19.7 Å². The number of non-ortho nitro benzene ring substituents is 1. The van der Waals surface area contributed by atoms with E-state index in [2.05, 4.69) is 5.32 Å². The van der Waals surface area contributed by atoms with Crippen LogP contribution in [-0.4, -0.2) is 37.1 Å². The summed E-state index contributed by atoms with van der Waals surface area (Å²) in [6.45, 7) is -0.354. The molecule has 0 spiro atoms. The summed E-state index contributed by atoms with van der Waals surface area (Å²) in [6.07, 6.45) is -0.0170. The van der Waals surface area contributed by atoms with Crippen molar-refractivity contribution in [3.63, 3.8) is 0 Å². The van der Waals surface area contributed by atoms with Crippen molar-refractivity contribution in [2.24, 2.45) is 0 Å². The van der Waals surface area contributed by atoms with Gasteiger partial charge in [-0.15, -0.1) is 0 Å². The first-order chi connectivity index (χ1) is 13.0. The number of carbonyl (C=O) groups is 2. The Balaban J connectivity index is 1.66. The van der Waals surface area contributed by atoms with E-state index in [1.807, 2.05) is 0 Å². The van der Waals surface area contributed by atoms with Crippen molar-refractivity contribution in [1.29, 1.82) is 0 Å². The zero-order valence-electron chi connectivity index (χ0n) is 14.5. The smallest absolute Gasteiger partial charge is 0.309 e. The third kappa shape index (κ3) is 6.65. The molecule has 0 saturated heterocycles. The molecule has 1 amide bonds. The number of nitro benzene ring substituents is 1. The van der Waals surface area contributed by atoms with Crippen LogP contribution in [0.4, 0.5) is 11.4 Å². The van der Waals surface area contributed by atoms with E-state index in [1.54, 1.807) is 31.4 Å². The first kappa shape index (κ1) is 19.7. The number of esters is 1. The molecule has 0 fully saturated rings. The van der Waals surface area contributed by atoms with Crippen molar-refractivity contribution < 1.29 is 28.7 Å². The molecule has 2 rings (SSSR count). The van der Waals surface area contributed by atoms with Gasteiger partial charge in [0.05, 0.1) is 25.1 Å². The molecule has 2 aromatic rings. The summed E-state index contributed by atoms with van der Waals surface area (Å²) in [5.41, 5.74) is 0.278. The standard InChI is InChI=1S/C18H18N2O7/c1-25-15-6-8-16(9-7-15)26-11-10-18(22)27-12-17(21)19-13-2-4-14(5-3-13)20(23)24/h2-9H,10-12H2,1H3,(H,19,21). The van der Waals surface area contributed by atoms with E-state index in [0.29, 0.717) is 17.2 Å². The van der Waals surface area contributed by atoms with E-state index in [1.165, 1.54) is 24.3 Å². The summed E-state index contributed by atoms with van der Waals surface area (Å²) in [4.78, 5) is 33.4. The fourth-order valence-corrected chi connectivity index (χ4v) is 2.01. The monoisotopic (exact) mass is 374 g/mol. The Morgan fingerprint density at radius 1 is 1.04 bits per heavy atom. The molecule has 2 aromatic carbocycles. The summed E-state index contributed by atoms with van der Waals surface area (Å²) >= 11 is 0.